The zero-order valence-corrected chi connectivity index (χ0v) is 8.93. The first-order chi connectivity index (χ1) is 6.59. The molecule has 0 radical (unpaired) electrons. The van der Waals surface area contributed by atoms with Gasteiger partial charge in [-0.3, -0.25) is 0 Å². The van der Waals surface area contributed by atoms with Crippen molar-refractivity contribution in [3.05, 3.63) is 29.3 Å². The van der Waals surface area contributed by atoms with E-state index in [2.05, 4.69) is 11.1 Å². The number of hydrogen-bond acceptors (Lipinski definition) is 5. The molecule has 0 fully saturated rings. The van der Waals surface area contributed by atoms with Crippen molar-refractivity contribution in [2.75, 3.05) is 0 Å². The van der Waals surface area contributed by atoms with Gasteiger partial charge in [0, 0.05) is 0 Å². The predicted molar refractivity (Wildman–Crippen MR) is 54.1 cm³/mol. The molecule has 1 heterocycles. The maximum atomic E-state index is 8.44. The third-order valence-corrected chi connectivity index (χ3v) is 2.35. The van der Waals surface area contributed by atoms with Gasteiger partial charge in [-0.2, -0.15) is 0 Å². The minimum Gasteiger partial charge on any atom is -0.242 e. The molecule has 0 saturated carbocycles. The van der Waals surface area contributed by atoms with Crippen LogP contribution in [0.3, 0.4) is 0 Å². The van der Waals surface area contributed by atoms with Crippen molar-refractivity contribution in [1.82, 2.24) is 4.98 Å². The monoisotopic (exact) mass is 229 g/mol. The molecule has 0 bridgehead atoms. The van der Waals surface area contributed by atoms with E-state index in [1.54, 1.807) is 11.3 Å². The number of hydrogen-bond donors (Lipinski definition) is 0. The zero-order chi connectivity index (χ0) is 10.6. The van der Waals surface area contributed by atoms with Gasteiger partial charge in [0.05, 0.1) is 15.2 Å². The Bertz CT molecular complexity index is 490. The highest BCUT2D eigenvalue weighted by atomic mass is 32.2. The lowest BCUT2D eigenvalue weighted by Crippen LogP contribution is -1.65. The summed E-state index contributed by atoms with van der Waals surface area (Å²) < 4.78 is 26.6. The Hall–Kier alpha value is -1.27. The SMILES string of the molecule is Cc1nc2ccccc2s1.O=S(=O)=O. The molecular formula is C8H7NO3S2. The molecule has 0 spiro atoms. The first-order valence-electron chi connectivity index (χ1n) is 3.68. The van der Waals surface area contributed by atoms with Crippen LogP contribution in [-0.2, 0) is 10.6 Å². The van der Waals surface area contributed by atoms with Crippen LogP contribution in [0.15, 0.2) is 24.3 Å². The van der Waals surface area contributed by atoms with Gasteiger partial charge in [-0.15, -0.1) is 24.0 Å². The molecule has 74 valence electrons. The van der Waals surface area contributed by atoms with Gasteiger partial charge in [0.25, 0.3) is 0 Å². The fraction of sp³-hybridized carbons (Fsp3) is 0.125. The minimum atomic E-state index is -3.11. The van der Waals surface area contributed by atoms with E-state index >= 15 is 0 Å². The fourth-order valence-corrected chi connectivity index (χ4v) is 1.81. The third kappa shape index (κ3) is 3.23. The van der Waals surface area contributed by atoms with E-state index in [0.29, 0.717) is 0 Å². The van der Waals surface area contributed by atoms with Crippen LogP contribution in [0.4, 0.5) is 0 Å². The van der Waals surface area contributed by atoms with E-state index in [1.807, 2.05) is 25.1 Å². The second kappa shape index (κ2) is 4.83. The Kier molecular flexibility index (Phi) is 3.73. The molecule has 0 aliphatic heterocycles. The molecule has 14 heavy (non-hydrogen) atoms. The van der Waals surface area contributed by atoms with Crippen molar-refractivity contribution in [3.8, 4) is 0 Å². The molecule has 0 atom stereocenters. The largest absolute Gasteiger partial charge is 0.425 e. The van der Waals surface area contributed by atoms with E-state index < -0.39 is 10.6 Å². The summed E-state index contributed by atoms with van der Waals surface area (Å²) in [5.74, 6) is 0. The quantitative estimate of drug-likeness (QED) is 0.688. The highest BCUT2D eigenvalue weighted by Crippen LogP contribution is 2.19. The number of rotatable bonds is 0. The molecule has 4 nitrogen and oxygen atoms in total. The molecule has 0 amide bonds. The van der Waals surface area contributed by atoms with E-state index in [4.69, 9.17) is 12.6 Å². The number of para-hydroxylation sites is 1. The van der Waals surface area contributed by atoms with Crippen LogP contribution in [0.1, 0.15) is 5.01 Å². The predicted octanol–water partition coefficient (Wildman–Crippen LogP) is 1.60. The molecular weight excluding hydrogens is 222 g/mol. The normalized spacial score (nSPS) is 9.21. The number of benzene rings is 1. The second-order valence-electron chi connectivity index (χ2n) is 2.40. The van der Waals surface area contributed by atoms with Gasteiger partial charge in [0.1, 0.15) is 0 Å². The van der Waals surface area contributed by atoms with Gasteiger partial charge in [-0.1, -0.05) is 12.1 Å². The minimum absolute atomic E-state index is 1.12. The molecule has 0 aliphatic carbocycles. The molecule has 0 saturated heterocycles. The molecule has 0 unspecified atom stereocenters. The number of thiazole rings is 1. The lowest BCUT2D eigenvalue weighted by Gasteiger charge is -1.80. The summed E-state index contributed by atoms with van der Waals surface area (Å²) in [5, 5.41) is 1.14. The summed E-state index contributed by atoms with van der Waals surface area (Å²) in [6.07, 6.45) is 0. The van der Waals surface area contributed by atoms with Crippen LogP contribution in [0.25, 0.3) is 10.2 Å². The Labute approximate surface area is 86.3 Å². The Morgan fingerprint density at radius 2 is 1.79 bits per heavy atom. The first-order valence-corrected chi connectivity index (χ1v) is 5.50. The summed E-state index contributed by atoms with van der Waals surface area (Å²) in [6.45, 7) is 2.03. The number of aromatic nitrogens is 1. The van der Waals surface area contributed by atoms with Gasteiger partial charge in [0.15, 0.2) is 0 Å². The summed E-state index contributed by atoms with van der Waals surface area (Å²) in [5.41, 5.74) is 1.12. The van der Waals surface area contributed by atoms with E-state index in [9.17, 15) is 0 Å². The highest BCUT2D eigenvalue weighted by Gasteiger charge is 1.95. The highest BCUT2D eigenvalue weighted by molar-refractivity contribution is 7.59. The van der Waals surface area contributed by atoms with Crippen LogP contribution < -0.4 is 0 Å². The van der Waals surface area contributed by atoms with Crippen LogP contribution in [0.5, 0.6) is 0 Å². The van der Waals surface area contributed by atoms with Crippen molar-refractivity contribution in [2.45, 2.75) is 6.92 Å². The summed E-state index contributed by atoms with van der Waals surface area (Å²) in [6, 6.07) is 8.19. The van der Waals surface area contributed by atoms with Gasteiger partial charge >= 0.3 is 10.6 Å². The number of nitrogens with zero attached hydrogens (tertiary/aromatic N) is 1. The van der Waals surface area contributed by atoms with E-state index in [-0.39, 0.29) is 0 Å². The second-order valence-corrected chi connectivity index (χ2v) is 4.05. The summed E-state index contributed by atoms with van der Waals surface area (Å²) in [7, 11) is -3.11. The van der Waals surface area contributed by atoms with E-state index in [1.165, 1.54) is 4.70 Å². The van der Waals surface area contributed by atoms with Crippen LogP contribution in [-0.4, -0.2) is 17.6 Å². The van der Waals surface area contributed by atoms with E-state index in [0.717, 1.165) is 10.5 Å². The van der Waals surface area contributed by atoms with Gasteiger partial charge in [0.2, 0.25) is 0 Å². The van der Waals surface area contributed by atoms with Crippen molar-refractivity contribution >= 4 is 32.2 Å². The van der Waals surface area contributed by atoms with Crippen molar-refractivity contribution in [3.63, 3.8) is 0 Å². The van der Waals surface area contributed by atoms with Crippen LogP contribution >= 0.6 is 11.3 Å². The maximum Gasteiger partial charge on any atom is 0.425 e. The van der Waals surface area contributed by atoms with Crippen molar-refractivity contribution in [2.24, 2.45) is 0 Å². The van der Waals surface area contributed by atoms with Gasteiger partial charge in [-0.05, 0) is 19.1 Å². The Morgan fingerprint density at radius 1 is 1.21 bits per heavy atom. The molecule has 1 aromatic carbocycles. The lowest BCUT2D eigenvalue weighted by molar-refractivity contribution is 0.559. The van der Waals surface area contributed by atoms with Crippen LogP contribution in [0, 0.1) is 6.92 Å². The number of aryl methyl sites for hydroxylation is 1. The zero-order valence-electron chi connectivity index (χ0n) is 7.30. The van der Waals surface area contributed by atoms with Gasteiger partial charge in [-0.25, -0.2) is 4.98 Å². The lowest BCUT2D eigenvalue weighted by atomic mass is 10.3. The van der Waals surface area contributed by atoms with Crippen molar-refractivity contribution < 1.29 is 12.6 Å². The van der Waals surface area contributed by atoms with Crippen LogP contribution in [0.2, 0.25) is 0 Å². The first kappa shape index (κ1) is 10.8. The average Bonchev–Trinajstić information content (AvgIpc) is 2.42. The molecule has 6 heteroatoms. The third-order valence-electron chi connectivity index (χ3n) is 1.40. The average molecular weight is 229 g/mol. The van der Waals surface area contributed by atoms with Gasteiger partial charge < -0.3 is 0 Å². The standard InChI is InChI=1S/C8H7NS.O3S/c1-6-9-7-4-2-3-5-8(7)10-6;1-4(2)3/h2-5H,1H3;. The molecule has 2 aromatic rings. The fourth-order valence-electron chi connectivity index (χ4n) is 0.987. The topological polar surface area (TPSA) is 64.1 Å². The Morgan fingerprint density at radius 3 is 2.36 bits per heavy atom. The maximum absolute atomic E-state index is 8.44. The summed E-state index contributed by atoms with van der Waals surface area (Å²) in [4.78, 5) is 4.33. The molecule has 0 aliphatic rings. The molecule has 1 aromatic heterocycles. The summed E-state index contributed by atoms with van der Waals surface area (Å²) >= 11 is 1.74. The smallest absolute Gasteiger partial charge is 0.242 e. The molecule has 2 rings (SSSR count). The Balaban J connectivity index is 0.000000213. The number of fused-ring (bicyclic) bond motifs is 1. The molecule has 0 N–H and O–H groups in total. The van der Waals surface area contributed by atoms with Crippen molar-refractivity contribution in [1.29, 1.82) is 0 Å².